The van der Waals surface area contributed by atoms with Crippen molar-refractivity contribution >= 4 is 33.2 Å². The summed E-state index contributed by atoms with van der Waals surface area (Å²) in [6.07, 6.45) is 0.793. The topological polar surface area (TPSA) is 64.1 Å². The van der Waals surface area contributed by atoms with Crippen molar-refractivity contribution in [1.82, 2.24) is 15.3 Å². The van der Waals surface area contributed by atoms with Crippen LogP contribution in [0.4, 0.5) is 0 Å². The number of methoxy groups -OCH3 is 1. The first-order valence-corrected chi connectivity index (χ1v) is 7.79. The summed E-state index contributed by atoms with van der Waals surface area (Å²) in [4.78, 5) is 21.9. The smallest absolute Gasteiger partial charge is 0.357 e. The van der Waals surface area contributed by atoms with Crippen LogP contribution in [0.2, 0.25) is 0 Å². The molecule has 1 aliphatic heterocycles. The van der Waals surface area contributed by atoms with Gasteiger partial charge < -0.3 is 10.1 Å². The van der Waals surface area contributed by atoms with Gasteiger partial charge in [-0.1, -0.05) is 0 Å². The fourth-order valence-corrected chi connectivity index (χ4v) is 3.51. The molecule has 20 heavy (non-hydrogen) atoms. The van der Waals surface area contributed by atoms with E-state index in [-0.39, 0.29) is 0 Å². The maximum absolute atomic E-state index is 11.9. The highest BCUT2D eigenvalue weighted by atomic mass is 79.9. The van der Waals surface area contributed by atoms with Crippen LogP contribution in [0.1, 0.15) is 21.7 Å². The number of ether oxygens (including phenoxy) is 1. The summed E-state index contributed by atoms with van der Waals surface area (Å²) in [6.45, 7) is 1.46. The molecule has 0 fully saturated rings. The van der Waals surface area contributed by atoms with E-state index in [1.165, 1.54) is 7.11 Å². The molecule has 3 heterocycles. The molecule has 104 valence electrons. The van der Waals surface area contributed by atoms with E-state index < -0.39 is 5.97 Å². The summed E-state index contributed by atoms with van der Waals surface area (Å²) < 4.78 is 5.82. The Balaban J connectivity index is 2.15. The summed E-state index contributed by atoms with van der Waals surface area (Å²) in [5.74, 6) is 0.172. The first kappa shape index (κ1) is 13.7. The van der Waals surface area contributed by atoms with Crippen LogP contribution in [0, 0.1) is 0 Å². The molecule has 0 unspecified atom stereocenters. The molecule has 0 amide bonds. The number of fused-ring (bicyclic) bond motifs is 1. The van der Waals surface area contributed by atoms with Crippen LogP contribution in [-0.2, 0) is 17.7 Å². The van der Waals surface area contributed by atoms with Gasteiger partial charge in [-0.3, -0.25) is 0 Å². The normalized spacial score (nSPS) is 13.9. The predicted octanol–water partition coefficient (Wildman–Crippen LogP) is 2.40. The van der Waals surface area contributed by atoms with E-state index in [0.29, 0.717) is 18.1 Å². The highest BCUT2D eigenvalue weighted by Gasteiger charge is 2.23. The Kier molecular flexibility index (Phi) is 3.82. The number of esters is 1. The number of carbonyl (C=O) groups excluding carboxylic acids is 1. The summed E-state index contributed by atoms with van der Waals surface area (Å²) in [6, 6.07) is 1.95. The summed E-state index contributed by atoms with van der Waals surface area (Å²) in [7, 11) is 1.37. The Morgan fingerprint density at radius 3 is 3.05 bits per heavy atom. The molecular weight excluding hydrogens is 342 g/mol. The van der Waals surface area contributed by atoms with E-state index in [1.807, 2.05) is 11.4 Å². The lowest BCUT2D eigenvalue weighted by molar-refractivity contribution is 0.0592. The maximum Gasteiger partial charge on any atom is 0.357 e. The van der Waals surface area contributed by atoms with Crippen molar-refractivity contribution in [2.45, 2.75) is 13.0 Å². The molecule has 0 saturated carbocycles. The molecule has 0 bridgehead atoms. The van der Waals surface area contributed by atoms with Gasteiger partial charge >= 0.3 is 5.97 Å². The largest absolute Gasteiger partial charge is 0.464 e. The van der Waals surface area contributed by atoms with Crippen molar-refractivity contribution in [2.75, 3.05) is 13.7 Å². The number of carbonyl (C=O) groups is 1. The predicted molar refractivity (Wildman–Crippen MR) is 79.8 cm³/mol. The third kappa shape index (κ3) is 2.48. The lowest BCUT2D eigenvalue weighted by Crippen LogP contribution is -2.28. The Morgan fingerprint density at radius 1 is 1.50 bits per heavy atom. The van der Waals surface area contributed by atoms with Crippen molar-refractivity contribution in [3.63, 3.8) is 0 Å². The molecule has 0 aromatic carbocycles. The van der Waals surface area contributed by atoms with Crippen LogP contribution in [0.3, 0.4) is 0 Å². The zero-order chi connectivity index (χ0) is 14.1. The van der Waals surface area contributed by atoms with Crippen molar-refractivity contribution < 1.29 is 9.53 Å². The van der Waals surface area contributed by atoms with Crippen LogP contribution in [0.15, 0.2) is 15.9 Å². The third-order valence-corrected chi connectivity index (χ3v) is 4.79. The maximum atomic E-state index is 11.9. The van der Waals surface area contributed by atoms with Crippen LogP contribution in [-0.4, -0.2) is 29.6 Å². The van der Waals surface area contributed by atoms with Gasteiger partial charge in [0.25, 0.3) is 0 Å². The lowest BCUT2D eigenvalue weighted by Gasteiger charge is -2.18. The van der Waals surface area contributed by atoms with E-state index in [1.54, 1.807) is 11.3 Å². The van der Waals surface area contributed by atoms with E-state index in [2.05, 4.69) is 31.2 Å². The molecule has 0 radical (unpaired) electrons. The molecule has 0 atom stereocenters. The highest BCUT2D eigenvalue weighted by molar-refractivity contribution is 9.10. The Bertz CT molecular complexity index is 672. The lowest BCUT2D eigenvalue weighted by atomic mass is 10.1. The molecule has 0 aliphatic carbocycles. The molecule has 2 aromatic rings. The Labute approximate surface area is 128 Å². The van der Waals surface area contributed by atoms with Gasteiger partial charge in [-0.15, -0.1) is 11.3 Å². The Morgan fingerprint density at radius 2 is 2.35 bits per heavy atom. The summed E-state index contributed by atoms with van der Waals surface area (Å²) in [5, 5.41) is 5.20. The second kappa shape index (κ2) is 5.59. The van der Waals surface area contributed by atoms with Gasteiger partial charge in [0.1, 0.15) is 0 Å². The number of hydrogen-bond acceptors (Lipinski definition) is 6. The standard InChI is InChI=1S/C13H12BrN3O2S/c1-19-13(18)11-8-5-15-3-2-9(8)16-12(17-11)10-4-7(14)6-20-10/h4,6,15H,2-3,5H2,1H3. The zero-order valence-corrected chi connectivity index (χ0v) is 13.2. The number of thiophene rings is 1. The number of aromatic nitrogens is 2. The second-order valence-corrected chi connectivity index (χ2v) is 6.20. The van der Waals surface area contributed by atoms with Gasteiger partial charge in [-0.2, -0.15) is 0 Å². The molecule has 1 aliphatic rings. The van der Waals surface area contributed by atoms with Gasteiger partial charge in [-0.25, -0.2) is 14.8 Å². The van der Waals surface area contributed by atoms with Crippen LogP contribution >= 0.6 is 27.3 Å². The summed E-state index contributed by atoms with van der Waals surface area (Å²) >= 11 is 4.96. The number of nitrogens with zero attached hydrogens (tertiary/aromatic N) is 2. The van der Waals surface area contributed by atoms with Gasteiger partial charge in [-0.05, 0) is 22.0 Å². The average Bonchev–Trinajstić information content (AvgIpc) is 2.92. The molecular formula is C13H12BrN3O2S. The van der Waals surface area contributed by atoms with Crippen molar-refractivity contribution in [2.24, 2.45) is 0 Å². The van der Waals surface area contributed by atoms with Gasteiger partial charge in [0.15, 0.2) is 11.5 Å². The highest BCUT2D eigenvalue weighted by Crippen LogP contribution is 2.29. The van der Waals surface area contributed by atoms with Gasteiger partial charge in [0, 0.05) is 34.9 Å². The summed E-state index contributed by atoms with van der Waals surface area (Å²) in [5.41, 5.74) is 2.14. The second-order valence-electron chi connectivity index (χ2n) is 4.37. The minimum Gasteiger partial charge on any atom is -0.464 e. The monoisotopic (exact) mass is 353 g/mol. The molecule has 1 N–H and O–H groups in total. The number of rotatable bonds is 2. The van der Waals surface area contributed by atoms with Crippen molar-refractivity contribution in [1.29, 1.82) is 0 Å². The van der Waals surface area contributed by atoms with E-state index in [4.69, 9.17) is 4.74 Å². The number of hydrogen-bond donors (Lipinski definition) is 1. The minimum atomic E-state index is -0.413. The molecule has 3 rings (SSSR count). The zero-order valence-electron chi connectivity index (χ0n) is 10.8. The van der Waals surface area contributed by atoms with Crippen molar-refractivity contribution in [3.05, 3.63) is 32.9 Å². The molecule has 5 nitrogen and oxygen atoms in total. The average molecular weight is 354 g/mol. The quantitative estimate of drug-likeness (QED) is 0.839. The van der Waals surface area contributed by atoms with Gasteiger partial charge in [0.05, 0.1) is 17.7 Å². The molecule has 0 spiro atoms. The molecule has 2 aromatic heterocycles. The minimum absolute atomic E-state index is 0.365. The third-order valence-electron chi connectivity index (χ3n) is 3.10. The first-order chi connectivity index (χ1) is 9.69. The first-order valence-electron chi connectivity index (χ1n) is 6.12. The Hall–Kier alpha value is -1.31. The number of nitrogens with one attached hydrogen (secondary N) is 1. The fourth-order valence-electron chi connectivity index (χ4n) is 2.15. The van der Waals surface area contributed by atoms with Crippen LogP contribution in [0.25, 0.3) is 10.7 Å². The van der Waals surface area contributed by atoms with E-state index in [9.17, 15) is 4.79 Å². The van der Waals surface area contributed by atoms with Crippen molar-refractivity contribution in [3.8, 4) is 10.7 Å². The van der Waals surface area contributed by atoms with E-state index in [0.717, 1.165) is 33.6 Å². The van der Waals surface area contributed by atoms with Crippen LogP contribution in [0.5, 0.6) is 0 Å². The van der Waals surface area contributed by atoms with Gasteiger partial charge in [0.2, 0.25) is 0 Å². The SMILES string of the molecule is COC(=O)c1nc(-c2cc(Br)cs2)nc2c1CNCC2. The number of halogens is 1. The van der Waals surface area contributed by atoms with Crippen LogP contribution < -0.4 is 5.32 Å². The fraction of sp³-hybridized carbons (Fsp3) is 0.308. The molecule has 0 saturated heterocycles. The van der Waals surface area contributed by atoms with E-state index >= 15 is 0 Å². The molecule has 7 heteroatoms.